The maximum absolute atomic E-state index is 8.41. The first kappa shape index (κ1) is 5.96. The van der Waals surface area contributed by atoms with E-state index in [1.54, 1.807) is 11.6 Å². The van der Waals surface area contributed by atoms with Gasteiger partial charge in [-0.25, -0.2) is 0 Å². The molecule has 6 heteroatoms. The van der Waals surface area contributed by atoms with Gasteiger partial charge in [0.15, 0.2) is 0 Å². The van der Waals surface area contributed by atoms with Crippen LogP contribution in [-0.2, 0) is 0 Å². The molecule has 0 aromatic heterocycles. The Kier molecular flexibility index (Phi) is 1.79. The fourth-order valence-electron chi connectivity index (χ4n) is 0.351. The smallest absolute Gasteiger partial charge is 0.411 e. The van der Waals surface area contributed by atoms with Crippen LogP contribution < -0.4 is 5.43 Å². The number of rotatable bonds is 1. The predicted octanol–water partition coefficient (Wildman–Crippen LogP) is -1.10. The van der Waals surface area contributed by atoms with E-state index < -0.39 is 7.25 Å². The van der Waals surface area contributed by atoms with Crippen molar-refractivity contribution >= 4 is 19.2 Å². The molecule has 0 aromatic rings. The van der Waals surface area contributed by atoms with Crippen molar-refractivity contribution < 1.29 is 10.0 Å². The minimum absolute atomic E-state index is 1.19. The van der Waals surface area contributed by atoms with E-state index in [4.69, 9.17) is 10.0 Å². The third-order valence-electron chi connectivity index (χ3n) is 0.654. The summed E-state index contributed by atoms with van der Waals surface area (Å²) in [4.78, 5) is 0. The molecule has 1 rings (SSSR count). The zero-order chi connectivity index (χ0) is 5.98. The van der Waals surface area contributed by atoms with Gasteiger partial charge in [0.05, 0.1) is 0 Å². The predicted molar refractivity (Wildman–Crippen MR) is 31.9 cm³/mol. The number of hydrazine groups is 1. The van der Waals surface area contributed by atoms with Gasteiger partial charge in [-0.05, 0) is 11.9 Å². The minimum atomic E-state index is -1.44. The second kappa shape index (κ2) is 2.41. The first-order chi connectivity index (χ1) is 3.80. The SMILES string of the molecule is OB(O)N1NC=CS1. The molecule has 0 radical (unpaired) electrons. The molecule has 0 aliphatic carbocycles. The number of hydrogen-bond acceptors (Lipinski definition) is 5. The summed E-state index contributed by atoms with van der Waals surface area (Å²) in [7, 11) is -1.44. The summed E-state index contributed by atoms with van der Waals surface area (Å²) >= 11 is 1.19. The van der Waals surface area contributed by atoms with Crippen molar-refractivity contribution in [3.8, 4) is 0 Å². The normalized spacial score (nSPS) is 18.8. The molecule has 44 valence electrons. The fraction of sp³-hybridized carbons (Fsp3) is 0. The van der Waals surface area contributed by atoms with E-state index in [9.17, 15) is 0 Å². The number of nitrogens with one attached hydrogen (secondary N) is 1. The van der Waals surface area contributed by atoms with Crippen LogP contribution in [-0.4, -0.2) is 21.6 Å². The Balaban J connectivity index is 2.29. The molecule has 1 aliphatic rings. The molecule has 1 aliphatic heterocycles. The highest BCUT2D eigenvalue weighted by Crippen LogP contribution is 2.12. The molecule has 4 nitrogen and oxygen atoms in total. The molecule has 0 unspecified atom stereocenters. The Labute approximate surface area is 51.5 Å². The second-order valence-electron chi connectivity index (χ2n) is 1.21. The Hall–Kier alpha value is -0.165. The molecule has 1 heterocycles. The van der Waals surface area contributed by atoms with Gasteiger partial charge >= 0.3 is 7.25 Å². The van der Waals surface area contributed by atoms with Crippen LogP contribution >= 0.6 is 11.9 Å². The van der Waals surface area contributed by atoms with E-state index in [0.29, 0.717) is 0 Å². The highest BCUT2D eigenvalue weighted by atomic mass is 32.2. The second-order valence-corrected chi connectivity index (χ2v) is 2.09. The fourth-order valence-corrected chi connectivity index (χ4v) is 0.835. The zero-order valence-electron chi connectivity index (χ0n) is 3.98. The van der Waals surface area contributed by atoms with Gasteiger partial charge in [-0.3, -0.25) is 0 Å². The molecule has 0 spiro atoms. The molecule has 0 saturated heterocycles. The summed E-state index contributed by atoms with van der Waals surface area (Å²) < 4.78 is 1.19. The standard InChI is InChI=1S/C2H5BN2O2S/c6-3(7)5-4-1-2-8-5/h1-2,4,6-7H. The van der Waals surface area contributed by atoms with E-state index in [1.807, 2.05) is 0 Å². The van der Waals surface area contributed by atoms with Crippen LogP contribution in [0.5, 0.6) is 0 Å². The maximum atomic E-state index is 8.41. The highest BCUT2D eigenvalue weighted by molar-refractivity contribution is 8.00. The van der Waals surface area contributed by atoms with Crippen molar-refractivity contribution in [3.63, 3.8) is 0 Å². The van der Waals surface area contributed by atoms with Crippen molar-refractivity contribution in [1.29, 1.82) is 0 Å². The van der Waals surface area contributed by atoms with Gasteiger partial charge in [-0.2, -0.15) is 0 Å². The third-order valence-corrected chi connectivity index (χ3v) is 1.43. The van der Waals surface area contributed by atoms with E-state index in [1.165, 1.54) is 16.3 Å². The van der Waals surface area contributed by atoms with E-state index >= 15 is 0 Å². The molecule has 0 atom stereocenters. The lowest BCUT2D eigenvalue weighted by atomic mass is 10.2. The molecular formula is C2H5BN2O2S. The van der Waals surface area contributed by atoms with Crippen molar-refractivity contribution in [3.05, 3.63) is 11.6 Å². The monoisotopic (exact) mass is 132 g/mol. The lowest BCUT2D eigenvalue weighted by Crippen LogP contribution is -2.38. The molecule has 0 saturated carbocycles. The van der Waals surface area contributed by atoms with Crippen LogP contribution in [0.3, 0.4) is 0 Å². The molecule has 3 N–H and O–H groups in total. The number of hydrogen-bond donors (Lipinski definition) is 3. The van der Waals surface area contributed by atoms with Crippen molar-refractivity contribution in [2.24, 2.45) is 0 Å². The topological polar surface area (TPSA) is 55.7 Å². The molecular weight excluding hydrogens is 127 g/mol. The number of nitrogens with zero attached hydrogens (tertiary/aromatic N) is 1. The quantitative estimate of drug-likeness (QED) is 0.312. The largest absolute Gasteiger partial charge is 0.582 e. The Morgan fingerprint density at radius 2 is 2.38 bits per heavy atom. The average Bonchev–Trinajstić information content (AvgIpc) is 2.12. The summed E-state index contributed by atoms with van der Waals surface area (Å²) in [6.45, 7) is 0. The average molecular weight is 132 g/mol. The van der Waals surface area contributed by atoms with Gasteiger partial charge in [-0.1, -0.05) is 0 Å². The summed E-state index contributed by atoms with van der Waals surface area (Å²) in [5.41, 5.74) is 2.57. The van der Waals surface area contributed by atoms with Gasteiger partial charge in [0.1, 0.15) is 0 Å². The molecule has 8 heavy (non-hydrogen) atoms. The minimum Gasteiger partial charge on any atom is -0.411 e. The maximum Gasteiger partial charge on any atom is 0.582 e. The van der Waals surface area contributed by atoms with Crippen molar-refractivity contribution in [2.45, 2.75) is 0 Å². The van der Waals surface area contributed by atoms with Crippen molar-refractivity contribution in [1.82, 2.24) is 9.75 Å². The van der Waals surface area contributed by atoms with E-state index in [0.717, 1.165) is 0 Å². The van der Waals surface area contributed by atoms with Crippen LogP contribution in [0, 0.1) is 0 Å². The van der Waals surface area contributed by atoms with Crippen molar-refractivity contribution in [2.75, 3.05) is 0 Å². The third kappa shape index (κ3) is 1.16. The van der Waals surface area contributed by atoms with E-state index in [2.05, 4.69) is 5.43 Å². The molecule has 0 amide bonds. The summed E-state index contributed by atoms with van der Waals surface area (Å²) in [6, 6.07) is 0. The summed E-state index contributed by atoms with van der Waals surface area (Å²) in [5, 5.41) is 18.5. The van der Waals surface area contributed by atoms with Crippen LogP contribution in [0.1, 0.15) is 0 Å². The highest BCUT2D eigenvalue weighted by Gasteiger charge is 2.21. The van der Waals surface area contributed by atoms with Gasteiger partial charge in [0.2, 0.25) is 0 Å². The Morgan fingerprint density at radius 3 is 2.62 bits per heavy atom. The van der Waals surface area contributed by atoms with Gasteiger partial charge in [0.25, 0.3) is 0 Å². The zero-order valence-corrected chi connectivity index (χ0v) is 4.80. The first-order valence-corrected chi connectivity index (χ1v) is 2.88. The molecule has 0 aromatic carbocycles. The van der Waals surface area contributed by atoms with Crippen LogP contribution in [0.25, 0.3) is 0 Å². The van der Waals surface area contributed by atoms with Gasteiger partial charge < -0.3 is 15.5 Å². The van der Waals surface area contributed by atoms with Gasteiger partial charge in [0, 0.05) is 11.6 Å². The lowest BCUT2D eigenvalue weighted by molar-refractivity contribution is 0.330. The Morgan fingerprint density at radius 1 is 1.62 bits per heavy atom. The van der Waals surface area contributed by atoms with Crippen LogP contribution in [0.2, 0.25) is 0 Å². The van der Waals surface area contributed by atoms with Crippen LogP contribution in [0.15, 0.2) is 11.6 Å². The Bertz CT molecular complexity index is 100. The van der Waals surface area contributed by atoms with Gasteiger partial charge in [-0.15, -0.1) is 4.33 Å². The molecule has 0 bridgehead atoms. The van der Waals surface area contributed by atoms with E-state index in [-0.39, 0.29) is 0 Å². The molecule has 0 fully saturated rings. The van der Waals surface area contributed by atoms with Crippen LogP contribution in [0.4, 0.5) is 0 Å². The summed E-state index contributed by atoms with van der Waals surface area (Å²) in [5.74, 6) is 0. The lowest BCUT2D eigenvalue weighted by Gasteiger charge is -2.10. The summed E-state index contributed by atoms with van der Waals surface area (Å²) in [6.07, 6.45) is 1.62. The first-order valence-electron chi connectivity index (χ1n) is 2.04.